The van der Waals surface area contributed by atoms with Crippen LogP contribution in [0.1, 0.15) is 136 Å². The Hall–Kier alpha value is -6.20. The van der Waals surface area contributed by atoms with Crippen LogP contribution in [0.25, 0.3) is 0 Å². The number of nitrogens with one attached hydrogen (secondary N) is 1. The lowest BCUT2D eigenvalue weighted by Gasteiger charge is -2.54. The highest BCUT2D eigenvalue weighted by Crippen LogP contribution is 2.53. The molecule has 490 valence electrons. The van der Waals surface area contributed by atoms with E-state index in [0.29, 0.717) is 6.42 Å². The third kappa shape index (κ3) is 21.4. The van der Waals surface area contributed by atoms with Crippen LogP contribution in [0, 0.1) is 0 Å². The van der Waals surface area contributed by atoms with Crippen LogP contribution in [-0.2, 0) is 107 Å². The highest BCUT2D eigenvalue weighted by Gasteiger charge is 2.62. The molecule has 7 aromatic rings. The summed E-state index contributed by atoms with van der Waals surface area (Å²) in [6.45, 7) is 3.09. The van der Waals surface area contributed by atoms with Gasteiger partial charge in [0.05, 0.1) is 58.9 Å². The Balaban J connectivity index is 1.04. The molecule has 0 radical (unpaired) electrons. The van der Waals surface area contributed by atoms with Crippen molar-refractivity contribution in [1.29, 1.82) is 0 Å². The second kappa shape index (κ2) is 37.6. The topological polar surface area (TPSA) is 148 Å². The van der Waals surface area contributed by atoms with Gasteiger partial charge in [0.15, 0.2) is 12.4 Å². The molecule has 10 rings (SSSR count). The van der Waals surface area contributed by atoms with Gasteiger partial charge in [-0.2, -0.15) is 0 Å². The van der Waals surface area contributed by atoms with Crippen molar-refractivity contribution in [2.45, 2.75) is 210 Å². The van der Waals surface area contributed by atoms with E-state index < -0.39 is 81.0 Å². The normalized spacial score (nSPS) is 24.6. The van der Waals surface area contributed by atoms with E-state index in [9.17, 15) is 4.79 Å². The number of hydrogen-bond acceptors (Lipinski definition) is 13. The van der Waals surface area contributed by atoms with Crippen LogP contribution in [0.2, 0.25) is 0 Å². The lowest BCUT2D eigenvalue weighted by atomic mass is 9.83. The quantitative estimate of drug-likeness (QED) is 0.0224. The molecule has 4 unspecified atom stereocenters. The predicted octanol–water partition coefficient (Wildman–Crippen LogP) is 16.3. The smallest absolute Gasteiger partial charge is 0.406 e. The summed E-state index contributed by atoms with van der Waals surface area (Å²) >= 11 is 0. The van der Waals surface area contributed by atoms with Crippen molar-refractivity contribution >= 4 is 13.7 Å². The lowest BCUT2D eigenvalue weighted by Crippen LogP contribution is -2.72. The number of unbranched alkanes of at least 4 members (excludes halogenated alkanes) is 12. The van der Waals surface area contributed by atoms with Gasteiger partial charge in [0.2, 0.25) is 0 Å². The van der Waals surface area contributed by atoms with E-state index in [0.717, 1.165) is 58.2 Å². The van der Waals surface area contributed by atoms with Crippen molar-refractivity contribution in [2.24, 2.45) is 0 Å². The standard InChI is InChI=1S/C77H94NO13P/c1-2-3-4-5-6-7-8-9-10-11-12-13-35-50-67(79)89-74-72(85-55-63-44-29-18-30-45-63)71(84-54-62-42-27-17-28-43-62)73(86-56-64-46-31-19-32-47-64)75-76(74)91-92(80,87-57-65-48-33-20-34-49-65)78-68-70(83-53-61-40-25-16-26-41-61)69(82-52-60-38-23-15-24-39-60)66(88-77(68)90-75)58-81-51-59-36-21-14-22-37-59/h14-34,36-49,66,68-77H,2-13,35,50-58H2,1H3,(H,78,80)/t66?,68-,69-,70-,71?,72?,73+,74-,75+,76-,77-,92?/m1/s1. The maximum atomic E-state index is 16.8. The molecular formula is C77H94NO13P. The highest BCUT2D eigenvalue weighted by atomic mass is 31.2. The number of carbonyl (C=O) groups excluding carboxylic acids is 1. The van der Waals surface area contributed by atoms with E-state index >= 15 is 4.57 Å². The summed E-state index contributed by atoms with van der Waals surface area (Å²) in [6, 6.07) is 67.6. The van der Waals surface area contributed by atoms with Gasteiger partial charge in [0.25, 0.3) is 0 Å². The molecule has 0 bridgehead atoms. The van der Waals surface area contributed by atoms with E-state index in [1.54, 1.807) is 0 Å². The summed E-state index contributed by atoms with van der Waals surface area (Å²) in [5.41, 5.74) is 6.16. The van der Waals surface area contributed by atoms with E-state index in [-0.39, 0.29) is 59.3 Å². The van der Waals surface area contributed by atoms with Gasteiger partial charge in [-0.15, -0.1) is 0 Å². The Labute approximate surface area is 545 Å². The molecule has 3 fully saturated rings. The molecule has 2 saturated heterocycles. The van der Waals surface area contributed by atoms with Gasteiger partial charge >= 0.3 is 13.7 Å². The fraction of sp³-hybridized carbons (Fsp3) is 0.442. The van der Waals surface area contributed by atoms with Crippen molar-refractivity contribution in [3.63, 3.8) is 0 Å². The summed E-state index contributed by atoms with van der Waals surface area (Å²) < 4.78 is 94.8. The van der Waals surface area contributed by atoms with Crippen molar-refractivity contribution in [1.82, 2.24) is 5.09 Å². The summed E-state index contributed by atoms with van der Waals surface area (Å²) in [5.74, 6) is -0.468. The Kier molecular flexibility index (Phi) is 28.1. The summed E-state index contributed by atoms with van der Waals surface area (Å²) in [5, 5.41) is 3.37. The first-order chi connectivity index (χ1) is 45.4. The molecule has 1 N–H and O–H groups in total. The van der Waals surface area contributed by atoms with Crippen LogP contribution in [-0.4, -0.2) is 79.8 Å². The first-order valence-corrected chi connectivity index (χ1v) is 35.1. The van der Waals surface area contributed by atoms with Crippen LogP contribution < -0.4 is 5.09 Å². The van der Waals surface area contributed by atoms with Gasteiger partial charge in [-0.3, -0.25) is 13.8 Å². The molecule has 15 heteroatoms. The largest absolute Gasteiger partial charge is 0.457 e. The molecule has 2 aliphatic heterocycles. The number of rotatable bonds is 37. The Morgan fingerprint density at radius 2 is 0.750 bits per heavy atom. The molecule has 92 heavy (non-hydrogen) atoms. The number of ether oxygens (including phenoxy) is 9. The molecule has 3 aliphatic rings. The molecule has 0 amide bonds. The summed E-state index contributed by atoms with van der Waals surface area (Å²) in [4.78, 5) is 14.9. The second-order valence-electron chi connectivity index (χ2n) is 24.4. The van der Waals surface area contributed by atoms with Gasteiger partial charge in [-0.1, -0.05) is 296 Å². The number of fused-ring (bicyclic) bond motifs is 2. The zero-order valence-electron chi connectivity index (χ0n) is 53.4. The Morgan fingerprint density at radius 1 is 0.391 bits per heavy atom. The van der Waals surface area contributed by atoms with Crippen LogP contribution in [0.3, 0.4) is 0 Å². The molecule has 14 nitrogen and oxygen atoms in total. The van der Waals surface area contributed by atoms with Gasteiger partial charge < -0.3 is 42.6 Å². The minimum Gasteiger partial charge on any atom is -0.457 e. The van der Waals surface area contributed by atoms with Crippen molar-refractivity contribution in [3.05, 3.63) is 251 Å². The van der Waals surface area contributed by atoms with Crippen LogP contribution in [0.4, 0.5) is 0 Å². The number of esters is 1. The molecule has 0 aromatic heterocycles. The highest BCUT2D eigenvalue weighted by molar-refractivity contribution is 7.51. The zero-order valence-corrected chi connectivity index (χ0v) is 54.3. The van der Waals surface area contributed by atoms with Gasteiger partial charge in [0.1, 0.15) is 48.8 Å². The summed E-state index contributed by atoms with van der Waals surface area (Å²) in [6.07, 6.45) is 4.10. The molecule has 1 saturated carbocycles. The van der Waals surface area contributed by atoms with E-state index in [1.807, 2.05) is 212 Å². The molecule has 0 spiro atoms. The fourth-order valence-corrected chi connectivity index (χ4v) is 14.0. The van der Waals surface area contributed by atoms with Crippen molar-refractivity contribution < 1.29 is 61.0 Å². The number of benzene rings is 7. The third-order valence-corrected chi connectivity index (χ3v) is 18.9. The van der Waals surface area contributed by atoms with Crippen LogP contribution in [0.5, 0.6) is 0 Å². The predicted molar refractivity (Wildman–Crippen MR) is 356 cm³/mol. The van der Waals surface area contributed by atoms with E-state index in [1.165, 1.54) is 57.8 Å². The molecule has 2 heterocycles. The maximum Gasteiger partial charge on any atom is 0.406 e. The second-order valence-corrected chi connectivity index (χ2v) is 26.1. The number of hydrogen-bond donors (Lipinski definition) is 1. The zero-order chi connectivity index (χ0) is 63.3. The lowest BCUT2D eigenvalue weighted by molar-refractivity contribution is -0.339. The minimum absolute atomic E-state index is 0.0461. The van der Waals surface area contributed by atoms with Crippen molar-refractivity contribution in [3.8, 4) is 0 Å². The fourth-order valence-electron chi connectivity index (χ4n) is 12.3. The Morgan fingerprint density at radius 3 is 1.18 bits per heavy atom. The van der Waals surface area contributed by atoms with E-state index in [4.69, 9.17) is 51.7 Å². The summed E-state index contributed by atoms with van der Waals surface area (Å²) in [7, 11) is -4.69. The SMILES string of the molecule is CCCCCCCCCCCCCCCC(=O)O[C@@H]1C(OCc2ccccc2)C(OCc2ccccc2)[C@H](OCc2ccccc2)[C@@H]2O[C@H]3OC(COCc4ccccc4)[C@@H](OCc4ccccc4)[C@H](OCc4ccccc4)[C@H]3NP(=O)(OCc3ccccc3)O[C@@H]21. The average Bonchev–Trinajstić information content (AvgIpc) is 0.757. The average molecular weight is 1270 g/mol. The minimum atomic E-state index is -4.69. The monoisotopic (exact) mass is 1270 g/mol. The first kappa shape index (κ1) is 68.7. The molecule has 7 aromatic carbocycles. The van der Waals surface area contributed by atoms with Gasteiger partial charge in [-0.25, -0.2) is 9.65 Å². The Bertz CT molecular complexity index is 3180. The number of carbonyl (C=O) groups is 1. The van der Waals surface area contributed by atoms with Crippen LogP contribution in [0.15, 0.2) is 212 Å². The van der Waals surface area contributed by atoms with Crippen molar-refractivity contribution in [2.75, 3.05) is 6.61 Å². The molecular weight excluding hydrogens is 1180 g/mol. The molecule has 1 aliphatic carbocycles. The van der Waals surface area contributed by atoms with Crippen LogP contribution >= 0.6 is 7.75 Å². The van der Waals surface area contributed by atoms with Gasteiger partial charge in [0, 0.05) is 6.42 Å². The first-order valence-electron chi connectivity index (χ1n) is 33.5. The maximum absolute atomic E-state index is 16.8. The molecule has 12 atom stereocenters. The third-order valence-electron chi connectivity index (χ3n) is 17.3. The van der Waals surface area contributed by atoms with Gasteiger partial charge in [-0.05, 0) is 45.4 Å². The van der Waals surface area contributed by atoms with E-state index in [2.05, 4.69) is 12.0 Å².